The maximum absolute atomic E-state index is 13.5. The summed E-state index contributed by atoms with van der Waals surface area (Å²) in [4.78, 5) is 42.0. The van der Waals surface area contributed by atoms with Crippen LogP contribution in [0.1, 0.15) is 22.3 Å². The van der Waals surface area contributed by atoms with Crippen molar-refractivity contribution in [1.82, 2.24) is 4.90 Å². The van der Waals surface area contributed by atoms with Gasteiger partial charge in [0.25, 0.3) is 5.91 Å². The van der Waals surface area contributed by atoms with Gasteiger partial charge in [0, 0.05) is 31.3 Å². The van der Waals surface area contributed by atoms with Crippen molar-refractivity contribution in [2.24, 2.45) is 17.6 Å². The molecule has 0 saturated carbocycles. The third kappa shape index (κ3) is 3.46. The number of likely N-dealkylation sites (N-methyl/N-ethyl adjacent to an activating group) is 1. The molecule has 10 nitrogen and oxygen atoms in total. The average Bonchev–Trinajstić information content (AvgIpc) is 2.70. The number of nitrogens with two attached hydrogens (primary N) is 1. The third-order valence-corrected chi connectivity index (χ3v) is 7.06. The SMILES string of the molecule is CN(C)c1ccc(O)c2c1C[C@H]1C[C@@H]3[C@H](N(C)C)C(O)=C(C(N)=O)C(=O)[C@@]3(O)C(O)=C1C2=O.[CaH2]. The van der Waals surface area contributed by atoms with Crippen LogP contribution >= 0.6 is 0 Å². The van der Waals surface area contributed by atoms with Crippen molar-refractivity contribution in [2.75, 3.05) is 33.1 Å². The number of carbonyl (C=O) groups is 3. The molecule has 0 bridgehead atoms. The van der Waals surface area contributed by atoms with Crippen molar-refractivity contribution in [2.45, 2.75) is 24.5 Å². The van der Waals surface area contributed by atoms with E-state index in [0.29, 0.717) is 5.56 Å². The molecule has 0 aliphatic heterocycles. The molecule has 34 heavy (non-hydrogen) atoms. The molecule has 0 radical (unpaired) electrons. The van der Waals surface area contributed by atoms with Crippen molar-refractivity contribution in [3.8, 4) is 5.75 Å². The molecular formula is C23H29CaN3O7. The second-order valence-corrected chi connectivity index (χ2v) is 9.31. The van der Waals surface area contributed by atoms with Crippen molar-refractivity contribution < 1.29 is 34.8 Å². The van der Waals surface area contributed by atoms with Gasteiger partial charge in [-0.1, -0.05) is 0 Å². The molecule has 4 atom stereocenters. The molecule has 0 saturated heterocycles. The predicted molar refractivity (Wildman–Crippen MR) is 127 cm³/mol. The van der Waals surface area contributed by atoms with Crippen LogP contribution in [0, 0.1) is 11.8 Å². The molecule has 0 spiro atoms. The molecule has 1 amide bonds. The Morgan fingerprint density at radius 2 is 1.74 bits per heavy atom. The van der Waals surface area contributed by atoms with Gasteiger partial charge in [0.1, 0.15) is 22.8 Å². The maximum atomic E-state index is 13.5. The quantitative estimate of drug-likeness (QED) is 0.266. The number of primary amides is 1. The number of amides is 1. The molecule has 1 aromatic carbocycles. The van der Waals surface area contributed by atoms with Crippen LogP contribution in [-0.4, -0.2) is 120 Å². The van der Waals surface area contributed by atoms with Crippen LogP contribution in [0.5, 0.6) is 5.75 Å². The zero-order valence-electron chi connectivity index (χ0n) is 18.8. The van der Waals surface area contributed by atoms with Gasteiger partial charge < -0.3 is 31.1 Å². The predicted octanol–water partition coefficient (Wildman–Crippen LogP) is -0.730. The second kappa shape index (κ2) is 8.83. The molecule has 0 aromatic heterocycles. The number of aliphatic hydroxyl groups is 3. The second-order valence-electron chi connectivity index (χ2n) is 9.31. The van der Waals surface area contributed by atoms with E-state index in [0.717, 1.165) is 5.69 Å². The number of nitrogens with zero attached hydrogens (tertiary/aromatic N) is 2. The molecule has 6 N–H and O–H groups in total. The number of anilines is 1. The number of phenolic OH excluding ortho intramolecular Hbond substituents is 1. The first-order valence-corrected chi connectivity index (χ1v) is 10.5. The zero-order valence-corrected chi connectivity index (χ0v) is 18.8. The number of Topliss-reactive ketones (excluding diaryl/α,β-unsaturated/α-hetero) is 2. The number of fused-ring (bicyclic) bond motifs is 3. The van der Waals surface area contributed by atoms with E-state index < -0.39 is 58.0 Å². The minimum atomic E-state index is -2.63. The van der Waals surface area contributed by atoms with Crippen molar-refractivity contribution in [3.05, 3.63) is 45.9 Å². The molecule has 1 aromatic rings. The van der Waals surface area contributed by atoms with Gasteiger partial charge in [-0.15, -0.1) is 0 Å². The third-order valence-electron chi connectivity index (χ3n) is 7.06. The summed E-state index contributed by atoms with van der Waals surface area (Å²) in [7, 11) is 6.79. The Kier molecular flexibility index (Phi) is 6.88. The fourth-order valence-corrected chi connectivity index (χ4v) is 5.65. The molecular weight excluding hydrogens is 470 g/mol. The van der Waals surface area contributed by atoms with E-state index in [-0.39, 0.29) is 67.5 Å². The van der Waals surface area contributed by atoms with Crippen LogP contribution in [0.4, 0.5) is 5.69 Å². The molecule has 0 unspecified atom stereocenters. The van der Waals surface area contributed by atoms with E-state index in [9.17, 15) is 34.8 Å². The Morgan fingerprint density at radius 1 is 1.12 bits per heavy atom. The fraction of sp³-hybridized carbons (Fsp3) is 0.435. The Labute approximate surface area is 226 Å². The van der Waals surface area contributed by atoms with Gasteiger partial charge >= 0.3 is 37.7 Å². The number of hydrogen-bond acceptors (Lipinski definition) is 9. The summed E-state index contributed by atoms with van der Waals surface area (Å²) in [6.07, 6.45) is 0.324. The number of allylic oxidation sites excluding steroid dienone is 1. The standard InChI is InChI=1S/C23H27N3O7.Ca.2H/c1-25(2)12-5-6-13(27)15-10(12)7-9-8-11-17(26(3)4)19(29)16(22(24)32)21(31)23(11,33)20(30)14(9)18(15)28;;;/h5-6,9,11,17,27,29-30,33H,7-8H2,1-4H3,(H2,24,32);;;/t9-,11+,17-,23-;;;/m0.../s1. The van der Waals surface area contributed by atoms with Crippen LogP contribution < -0.4 is 10.6 Å². The summed E-state index contributed by atoms with van der Waals surface area (Å²) in [6.45, 7) is 0. The van der Waals surface area contributed by atoms with Crippen molar-refractivity contribution >= 4 is 60.9 Å². The molecule has 3 aliphatic rings. The van der Waals surface area contributed by atoms with Gasteiger partial charge in [-0.25, -0.2) is 0 Å². The molecule has 3 aliphatic carbocycles. The van der Waals surface area contributed by atoms with Crippen LogP contribution in [0.3, 0.4) is 0 Å². The average molecular weight is 500 g/mol. The summed E-state index contributed by atoms with van der Waals surface area (Å²) >= 11 is 0. The molecule has 180 valence electrons. The Bertz CT molecular complexity index is 1170. The number of aromatic hydroxyl groups is 1. The van der Waals surface area contributed by atoms with Gasteiger partial charge in [0.15, 0.2) is 11.4 Å². The van der Waals surface area contributed by atoms with E-state index in [4.69, 9.17) is 5.73 Å². The van der Waals surface area contributed by atoms with Gasteiger partial charge in [-0.3, -0.25) is 19.3 Å². The monoisotopic (exact) mass is 499 g/mol. The number of carbonyl (C=O) groups excluding carboxylic acids is 3. The van der Waals surface area contributed by atoms with E-state index in [1.807, 2.05) is 0 Å². The van der Waals surface area contributed by atoms with E-state index in [1.54, 1.807) is 39.2 Å². The first kappa shape index (κ1) is 26.5. The number of benzene rings is 1. The van der Waals surface area contributed by atoms with Gasteiger partial charge in [0.05, 0.1) is 11.6 Å². The first-order chi connectivity index (χ1) is 15.3. The number of aliphatic hydroxyl groups excluding tert-OH is 2. The van der Waals surface area contributed by atoms with Crippen LogP contribution in [0.2, 0.25) is 0 Å². The van der Waals surface area contributed by atoms with Gasteiger partial charge in [-0.05, 0) is 50.6 Å². The summed E-state index contributed by atoms with van der Waals surface area (Å²) in [5.74, 6) is -6.53. The Balaban J connectivity index is 0.00000324. The topological polar surface area (TPSA) is 165 Å². The van der Waals surface area contributed by atoms with Crippen molar-refractivity contribution in [3.63, 3.8) is 0 Å². The van der Waals surface area contributed by atoms with Crippen LogP contribution in [-0.2, 0) is 16.0 Å². The van der Waals surface area contributed by atoms with Crippen LogP contribution in [0.15, 0.2) is 34.8 Å². The van der Waals surface area contributed by atoms with E-state index >= 15 is 0 Å². The van der Waals surface area contributed by atoms with Crippen molar-refractivity contribution in [1.29, 1.82) is 0 Å². The van der Waals surface area contributed by atoms with E-state index in [2.05, 4.69) is 0 Å². The summed E-state index contributed by atoms with van der Waals surface area (Å²) in [5, 5.41) is 43.9. The van der Waals surface area contributed by atoms with Gasteiger partial charge in [-0.2, -0.15) is 0 Å². The summed E-state index contributed by atoms with van der Waals surface area (Å²) in [6, 6.07) is 2.06. The number of ketones is 2. The van der Waals surface area contributed by atoms with Crippen LogP contribution in [0.25, 0.3) is 0 Å². The zero-order chi connectivity index (χ0) is 24.6. The summed E-state index contributed by atoms with van der Waals surface area (Å²) < 4.78 is 0. The normalized spacial score (nSPS) is 28.2. The number of hydrogen-bond donors (Lipinski definition) is 5. The number of rotatable bonds is 3. The Morgan fingerprint density at radius 3 is 2.26 bits per heavy atom. The van der Waals surface area contributed by atoms with Gasteiger partial charge in [0.2, 0.25) is 5.78 Å². The molecule has 0 heterocycles. The molecule has 0 fully saturated rings. The summed E-state index contributed by atoms with van der Waals surface area (Å²) in [5.41, 5.74) is 3.02. The number of phenols is 1. The Hall–Kier alpha value is -2.11. The fourth-order valence-electron chi connectivity index (χ4n) is 5.65. The first-order valence-electron chi connectivity index (χ1n) is 10.5. The molecule has 4 rings (SSSR count). The minimum absolute atomic E-state index is 0. The van der Waals surface area contributed by atoms with E-state index in [1.165, 1.54) is 11.0 Å². The molecule has 11 heteroatoms.